The van der Waals surface area contributed by atoms with Crippen molar-refractivity contribution in [3.8, 4) is 0 Å². The Labute approximate surface area is 123 Å². The summed E-state index contributed by atoms with van der Waals surface area (Å²) in [6.45, 7) is 1.52. The Kier molecular flexibility index (Phi) is 5.18. The van der Waals surface area contributed by atoms with Crippen LogP contribution in [0.1, 0.15) is 6.42 Å². The van der Waals surface area contributed by atoms with Crippen molar-refractivity contribution in [1.82, 2.24) is 15.1 Å². The van der Waals surface area contributed by atoms with Gasteiger partial charge in [0.1, 0.15) is 0 Å². The molecule has 2 rings (SSSR count). The Balaban J connectivity index is 1.73. The fraction of sp³-hybridized carbons (Fsp3) is 0.667. The molecule has 1 aliphatic rings. The predicted octanol–water partition coefficient (Wildman–Crippen LogP) is 0.0857. The summed E-state index contributed by atoms with van der Waals surface area (Å²) < 4.78 is 29.2. The van der Waals surface area contributed by atoms with Crippen molar-refractivity contribution in [3.05, 3.63) is 12.4 Å². The van der Waals surface area contributed by atoms with Gasteiger partial charge in [-0.3, -0.25) is 4.68 Å². The van der Waals surface area contributed by atoms with Crippen LogP contribution in [0.25, 0.3) is 0 Å². The van der Waals surface area contributed by atoms with E-state index in [-0.39, 0.29) is 23.5 Å². The number of ether oxygens (including phenoxy) is 1. The lowest BCUT2D eigenvalue weighted by Crippen LogP contribution is -2.33. The Bertz CT molecular complexity index is 584. The molecule has 0 aliphatic carbocycles. The summed E-state index contributed by atoms with van der Waals surface area (Å²) in [6.07, 6.45) is 3.87. The van der Waals surface area contributed by atoms with Crippen molar-refractivity contribution in [2.45, 2.75) is 13.0 Å². The molecule has 21 heavy (non-hydrogen) atoms. The third kappa shape index (κ3) is 5.01. The molecule has 1 aromatic rings. The minimum Gasteiger partial charge on any atom is -0.383 e. The molecule has 1 atom stereocenters. The first-order valence-electron chi connectivity index (χ1n) is 6.75. The molecule has 0 saturated carbocycles. The molecule has 0 radical (unpaired) electrons. The number of aromatic nitrogens is 2. The molecule has 2 N–H and O–H groups in total. The zero-order valence-corrected chi connectivity index (χ0v) is 12.7. The van der Waals surface area contributed by atoms with E-state index in [9.17, 15) is 13.2 Å². The summed E-state index contributed by atoms with van der Waals surface area (Å²) in [6, 6.07) is -0.356. The minimum atomic E-state index is -2.90. The summed E-state index contributed by atoms with van der Waals surface area (Å²) >= 11 is 0. The molecule has 1 unspecified atom stereocenters. The van der Waals surface area contributed by atoms with Crippen LogP contribution in [-0.2, 0) is 21.1 Å². The highest BCUT2D eigenvalue weighted by atomic mass is 32.2. The van der Waals surface area contributed by atoms with E-state index in [4.69, 9.17) is 4.74 Å². The van der Waals surface area contributed by atoms with Gasteiger partial charge in [0.15, 0.2) is 9.84 Å². The number of urea groups is 1. The maximum Gasteiger partial charge on any atom is 0.319 e. The van der Waals surface area contributed by atoms with E-state index in [1.165, 1.54) is 0 Å². The number of nitrogens with zero attached hydrogens (tertiary/aromatic N) is 2. The van der Waals surface area contributed by atoms with Crippen molar-refractivity contribution < 1.29 is 17.9 Å². The highest BCUT2D eigenvalue weighted by Crippen LogP contribution is 2.17. The number of methoxy groups -OCH3 is 1. The summed E-state index contributed by atoms with van der Waals surface area (Å²) in [5.74, 6) is 0.375. The molecule has 2 amide bonds. The minimum absolute atomic E-state index is 0.00479. The first-order chi connectivity index (χ1) is 9.98. The monoisotopic (exact) mass is 316 g/mol. The largest absolute Gasteiger partial charge is 0.383 e. The van der Waals surface area contributed by atoms with Gasteiger partial charge in [0.05, 0.1) is 36.5 Å². The summed E-state index contributed by atoms with van der Waals surface area (Å²) in [4.78, 5) is 11.7. The number of hydrogen-bond acceptors (Lipinski definition) is 5. The second-order valence-corrected chi connectivity index (χ2v) is 7.32. The number of nitrogens with one attached hydrogen (secondary N) is 2. The van der Waals surface area contributed by atoms with Crippen LogP contribution in [0.2, 0.25) is 0 Å². The van der Waals surface area contributed by atoms with Gasteiger partial charge in [-0.25, -0.2) is 13.2 Å². The van der Waals surface area contributed by atoms with Crippen LogP contribution in [0.3, 0.4) is 0 Å². The average molecular weight is 316 g/mol. The fourth-order valence-corrected chi connectivity index (χ4v) is 4.04. The Hall–Kier alpha value is -1.61. The van der Waals surface area contributed by atoms with Gasteiger partial charge >= 0.3 is 6.03 Å². The van der Waals surface area contributed by atoms with Gasteiger partial charge in [-0.2, -0.15) is 5.10 Å². The highest BCUT2D eigenvalue weighted by Gasteiger charge is 2.27. The molecule has 1 aromatic heterocycles. The third-order valence-electron chi connectivity index (χ3n) is 3.29. The molecule has 2 heterocycles. The van der Waals surface area contributed by atoms with Gasteiger partial charge in [-0.05, 0) is 12.3 Å². The van der Waals surface area contributed by atoms with E-state index in [1.807, 2.05) is 0 Å². The van der Waals surface area contributed by atoms with E-state index in [0.29, 0.717) is 31.8 Å². The van der Waals surface area contributed by atoms with Crippen LogP contribution < -0.4 is 10.6 Å². The van der Waals surface area contributed by atoms with Gasteiger partial charge in [0.25, 0.3) is 0 Å². The molecule has 118 valence electrons. The second kappa shape index (κ2) is 6.90. The number of anilines is 1. The number of hydrogen-bond donors (Lipinski definition) is 2. The molecule has 8 nitrogen and oxygen atoms in total. The molecule has 1 aliphatic heterocycles. The van der Waals surface area contributed by atoms with Crippen molar-refractivity contribution in [1.29, 1.82) is 0 Å². The van der Waals surface area contributed by atoms with Crippen LogP contribution >= 0.6 is 0 Å². The number of amides is 2. The third-order valence-corrected chi connectivity index (χ3v) is 5.13. The lowest BCUT2D eigenvalue weighted by atomic mass is 10.1. The van der Waals surface area contributed by atoms with E-state index < -0.39 is 9.84 Å². The lowest BCUT2D eigenvalue weighted by Gasteiger charge is -2.09. The smallest absolute Gasteiger partial charge is 0.319 e. The maximum absolute atomic E-state index is 11.7. The van der Waals surface area contributed by atoms with Gasteiger partial charge < -0.3 is 15.4 Å². The number of carbonyl (C=O) groups excluding carboxylic acids is 1. The zero-order valence-electron chi connectivity index (χ0n) is 11.9. The van der Waals surface area contributed by atoms with Gasteiger partial charge in [-0.1, -0.05) is 0 Å². The van der Waals surface area contributed by atoms with E-state index in [1.54, 1.807) is 24.2 Å². The summed E-state index contributed by atoms with van der Waals surface area (Å²) in [5.41, 5.74) is 0.586. The standard InChI is InChI=1S/C12H20N4O4S/c1-20-4-3-16-8-11(7-14-16)15-12(17)13-6-10-2-5-21(18,19)9-10/h7-8,10H,2-6,9H2,1H3,(H2,13,15,17). The van der Waals surface area contributed by atoms with E-state index >= 15 is 0 Å². The van der Waals surface area contributed by atoms with Crippen LogP contribution in [0.4, 0.5) is 10.5 Å². The van der Waals surface area contributed by atoms with Gasteiger partial charge in [-0.15, -0.1) is 0 Å². The predicted molar refractivity (Wildman–Crippen MR) is 77.9 cm³/mol. The Morgan fingerprint density at radius 3 is 3.05 bits per heavy atom. The number of carbonyl (C=O) groups is 1. The molecule has 1 fully saturated rings. The van der Waals surface area contributed by atoms with Crippen molar-refractivity contribution in [2.24, 2.45) is 5.92 Å². The zero-order chi connectivity index (χ0) is 15.3. The van der Waals surface area contributed by atoms with Crippen molar-refractivity contribution in [3.63, 3.8) is 0 Å². The lowest BCUT2D eigenvalue weighted by molar-refractivity contribution is 0.183. The van der Waals surface area contributed by atoms with Crippen LogP contribution in [-0.4, -0.2) is 56.0 Å². The molecule has 9 heteroatoms. The highest BCUT2D eigenvalue weighted by molar-refractivity contribution is 7.91. The van der Waals surface area contributed by atoms with E-state index in [2.05, 4.69) is 15.7 Å². The first-order valence-corrected chi connectivity index (χ1v) is 8.57. The van der Waals surface area contributed by atoms with Gasteiger partial charge in [0, 0.05) is 19.9 Å². The topological polar surface area (TPSA) is 102 Å². The Morgan fingerprint density at radius 2 is 2.38 bits per heavy atom. The summed E-state index contributed by atoms with van der Waals surface area (Å²) in [7, 11) is -1.29. The van der Waals surface area contributed by atoms with Crippen LogP contribution in [0.15, 0.2) is 12.4 Å². The number of rotatable bonds is 6. The van der Waals surface area contributed by atoms with Crippen molar-refractivity contribution in [2.75, 3.05) is 37.1 Å². The van der Waals surface area contributed by atoms with Crippen LogP contribution in [0.5, 0.6) is 0 Å². The number of sulfone groups is 1. The SMILES string of the molecule is COCCn1cc(NC(=O)NCC2CCS(=O)(=O)C2)cn1. The first kappa shape index (κ1) is 15.8. The molecular formula is C12H20N4O4S. The van der Waals surface area contributed by atoms with Crippen LogP contribution in [0, 0.1) is 5.92 Å². The molecule has 0 bridgehead atoms. The quantitative estimate of drug-likeness (QED) is 0.774. The molecule has 0 aromatic carbocycles. The molecular weight excluding hydrogens is 296 g/mol. The fourth-order valence-electron chi connectivity index (χ4n) is 2.18. The van der Waals surface area contributed by atoms with Crippen molar-refractivity contribution >= 4 is 21.6 Å². The second-order valence-electron chi connectivity index (χ2n) is 5.09. The Morgan fingerprint density at radius 1 is 1.57 bits per heavy atom. The maximum atomic E-state index is 11.7. The van der Waals surface area contributed by atoms with Gasteiger partial charge in [0.2, 0.25) is 0 Å². The molecule has 0 spiro atoms. The van der Waals surface area contributed by atoms with E-state index in [0.717, 1.165) is 0 Å². The molecule has 1 saturated heterocycles. The normalized spacial score (nSPS) is 20.3. The average Bonchev–Trinajstić information content (AvgIpc) is 3.00. The summed E-state index contributed by atoms with van der Waals surface area (Å²) in [5, 5.41) is 9.43.